The Labute approximate surface area is 81.6 Å². The summed E-state index contributed by atoms with van der Waals surface area (Å²) in [6, 6.07) is 5.83. The molecule has 2 heteroatoms. The van der Waals surface area contributed by atoms with Crippen LogP contribution in [0.4, 0.5) is 0 Å². The van der Waals surface area contributed by atoms with Crippen LogP contribution < -0.4 is 0 Å². The van der Waals surface area contributed by atoms with Gasteiger partial charge in [-0.15, -0.1) is 0 Å². The van der Waals surface area contributed by atoms with E-state index in [9.17, 15) is 5.11 Å². The van der Waals surface area contributed by atoms with Crippen LogP contribution in [-0.2, 0) is 6.42 Å². The third-order valence-corrected chi connectivity index (χ3v) is 2.38. The van der Waals surface area contributed by atoms with Gasteiger partial charge in [-0.25, -0.2) is 0 Å². The van der Waals surface area contributed by atoms with Gasteiger partial charge in [-0.2, -0.15) is 0 Å². The van der Waals surface area contributed by atoms with Crippen molar-refractivity contribution in [2.45, 2.75) is 19.8 Å². The van der Waals surface area contributed by atoms with Crippen molar-refractivity contribution in [1.82, 2.24) is 0 Å². The van der Waals surface area contributed by atoms with Crippen molar-refractivity contribution in [3.8, 4) is 5.75 Å². The van der Waals surface area contributed by atoms with Crippen LogP contribution in [0.2, 0.25) is 0 Å². The minimum absolute atomic E-state index is 0.427. The number of halogens is 1. The summed E-state index contributed by atoms with van der Waals surface area (Å²) in [6.45, 7) is 1.98. The number of hydrogen-bond donors (Lipinski definition) is 1. The summed E-state index contributed by atoms with van der Waals surface area (Å²) in [6.07, 6.45) is 2.01. The zero-order valence-electron chi connectivity index (χ0n) is 7.18. The van der Waals surface area contributed by atoms with Gasteiger partial charge in [0.1, 0.15) is 5.75 Å². The number of aromatic hydroxyl groups is 1. The van der Waals surface area contributed by atoms with Gasteiger partial charge in [0.15, 0.2) is 0 Å². The van der Waals surface area contributed by atoms with Gasteiger partial charge in [0, 0.05) is 5.33 Å². The highest BCUT2D eigenvalue weighted by atomic mass is 79.9. The molecule has 0 aliphatic carbocycles. The van der Waals surface area contributed by atoms with Crippen molar-refractivity contribution in [2.75, 3.05) is 5.33 Å². The van der Waals surface area contributed by atoms with Crippen LogP contribution in [0.15, 0.2) is 18.2 Å². The summed E-state index contributed by atoms with van der Waals surface area (Å²) < 4.78 is 0. The number of hydrogen-bond acceptors (Lipinski definition) is 1. The Morgan fingerprint density at radius 2 is 2.17 bits per heavy atom. The van der Waals surface area contributed by atoms with Crippen LogP contribution in [0, 0.1) is 6.92 Å². The second-order valence-corrected chi connectivity index (χ2v) is 3.72. The zero-order chi connectivity index (χ0) is 8.97. The van der Waals surface area contributed by atoms with E-state index in [0.717, 1.165) is 29.3 Å². The van der Waals surface area contributed by atoms with Crippen LogP contribution >= 0.6 is 15.9 Å². The average molecular weight is 229 g/mol. The largest absolute Gasteiger partial charge is 0.508 e. The predicted octanol–water partition coefficient (Wildman–Crippen LogP) is 3.03. The van der Waals surface area contributed by atoms with E-state index in [1.54, 1.807) is 0 Å². The van der Waals surface area contributed by atoms with Crippen molar-refractivity contribution in [3.63, 3.8) is 0 Å². The predicted molar refractivity (Wildman–Crippen MR) is 55.0 cm³/mol. The summed E-state index contributed by atoms with van der Waals surface area (Å²) in [5.74, 6) is 0.427. The Bertz CT molecular complexity index is 258. The van der Waals surface area contributed by atoms with Crippen LogP contribution in [0.3, 0.4) is 0 Å². The molecule has 1 rings (SSSR count). The molecular weight excluding hydrogens is 216 g/mol. The second-order valence-electron chi connectivity index (χ2n) is 2.92. The van der Waals surface area contributed by atoms with E-state index in [4.69, 9.17) is 0 Å². The summed E-state index contributed by atoms with van der Waals surface area (Å²) in [7, 11) is 0. The van der Waals surface area contributed by atoms with E-state index in [-0.39, 0.29) is 0 Å². The average Bonchev–Trinajstić information content (AvgIpc) is 2.03. The molecule has 12 heavy (non-hydrogen) atoms. The Balaban J connectivity index is 2.72. The first kappa shape index (κ1) is 9.59. The molecule has 0 radical (unpaired) electrons. The van der Waals surface area contributed by atoms with Crippen molar-refractivity contribution in [1.29, 1.82) is 0 Å². The van der Waals surface area contributed by atoms with Crippen molar-refractivity contribution >= 4 is 15.9 Å². The third-order valence-electron chi connectivity index (χ3n) is 1.82. The van der Waals surface area contributed by atoms with E-state index in [0.29, 0.717) is 5.75 Å². The third kappa shape index (κ3) is 2.52. The number of phenols is 1. The van der Waals surface area contributed by atoms with E-state index in [1.807, 2.05) is 25.1 Å². The Morgan fingerprint density at radius 3 is 2.75 bits per heavy atom. The van der Waals surface area contributed by atoms with Gasteiger partial charge >= 0.3 is 0 Å². The van der Waals surface area contributed by atoms with Gasteiger partial charge in [-0.1, -0.05) is 28.1 Å². The molecule has 0 heterocycles. The number of rotatable bonds is 3. The molecule has 0 unspecified atom stereocenters. The first-order valence-corrected chi connectivity index (χ1v) is 5.20. The molecule has 0 aromatic heterocycles. The normalized spacial score (nSPS) is 10.2. The Hall–Kier alpha value is -0.500. The van der Waals surface area contributed by atoms with Crippen LogP contribution in [0.1, 0.15) is 17.5 Å². The lowest BCUT2D eigenvalue weighted by atomic mass is 10.1. The number of phenolic OH excluding ortho intramolecular Hbond substituents is 1. The maximum absolute atomic E-state index is 9.50. The summed E-state index contributed by atoms with van der Waals surface area (Å²) >= 11 is 3.36. The number of benzene rings is 1. The molecule has 1 aromatic rings. The quantitative estimate of drug-likeness (QED) is 0.790. The lowest BCUT2D eigenvalue weighted by molar-refractivity contribution is 0.467. The molecule has 1 nitrogen and oxygen atoms in total. The fraction of sp³-hybridized carbons (Fsp3) is 0.400. The molecular formula is C10H13BrO. The van der Waals surface area contributed by atoms with Gasteiger partial charge in [-0.05, 0) is 37.0 Å². The van der Waals surface area contributed by atoms with E-state index in [1.165, 1.54) is 0 Å². The summed E-state index contributed by atoms with van der Waals surface area (Å²) in [5.41, 5.74) is 2.15. The standard InChI is InChI=1S/C10H13BrO/c1-8-4-5-9(3-2-6-11)10(12)7-8/h4-5,7,12H,2-3,6H2,1H3. The highest BCUT2D eigenvalue weighted by Gasteiger charge is 1.99. The molecule has 0 fully saturated rings. The van der Waals surface area contributed by atoms with Crippen molar-refractivity contribution < 1.29 is 5.11 Å². The summed E-state index contributed by atoms with van der Waals surface area (Å²) in [5, 5.41) is 10.5. The van der Waals surface area contributed by atoms with E-state index in [2.05, 4.69) is 15.9 Å². The highest BCUT2D eigenvalue weighted by molar-refractivity contribution is 9.09. The number of alkyl halides is 1. The Kier molecular flexibility index (Phi) is 3.60. The SMILES string of the molecule is Cc1ccc(CCCBr)c(O)c1. The first-order valence-electron chi connectivity index (χ1n) is 4.08. The maximum atomic E-state index is 9.50. The first-order chi connectivity index (χ1) is 5.74. The zero-order valence-corrected chi connectivity index (χ0v) is 8.76. The van der Waals surface area contributed by atoms with Crippen LogP contribution in [-0.4, -0.2) is 10.4 Å². The van der Waals surface area contributed by atoms with Crippen molar-refractivity contribution in [2.24, 2.45) is 0 Å². The van der Waals surface area contributed by atoms with Gasteiger partial charge in [-0.3, -0.25) is 0 Å². The maximum Gasteiger partial charge on any atom is 0.119 e. The van der Waals surface area contributed by atoms with Gasteiger partial charge in [0.2, 0.25) is 0 Å². The minimum Gasteiger partial charge on any atom is -0.508 e. The molecule has 0 aliphatic heterocycles. The fourth-order valence-electron chi connectivity index (χ4n) is 1.14. The molecule has 0 amide bonds. The Morgan fingerprint density at radius 1 is 1.42 bits per heavy atom. The molecule has 1 aromatic carbocycles. The molecule has 0 aliphatic rings. The topological polar surface area (TPSA) is 20.2 Å². The lowest BCUT2D eigenvalue weighted by Crippen LogP contribution is -1.87. The van der Waals surface area contributed by atoms with Crippen molar-refractivity contribution in [3.05, 3.63) is 29.3 Å². The second kappa shape index (κ2) is 4.51. The molecule has 1 N–H and O–H groups in total. The highest BCUT2D eigenvalue weighted by Crippen LogP contribution is 2.19. The van der Waals surface area contributed by atoms with Gasteiger partial charge in [0.25, 0.3) is 0 Å². The lowest BCUT2D eigenvalue weighted by Gasteiger charge is -2.03. The smallest absolute Gasteiger partial charge is 0.119 e. The van der Waals surface area contributed by atoms with E-state index >= 15 is 0 Å². The fourth-order valence-corrected chi connectivity index (χ4v) is 1.42. The number of aryl methyl sites for hydroxylation is 2. The molecule has 0 atom stereocenters. The molecule has 0 bridgehead atoms. The minimum atomic E-state index is 0.427. The molecule has 0 spiro atoms. The monoisotopic (exact) mass is 228 g/mol. The summed E-state index contributed by atoms with van der Waals surface area (Å²) in [4.78, 5) is 0. The van der Waals surface area contributed by atoms with E-state index < -0.39 is 0 Å². The molecule has 66 valence electrons. The molecule has 0 saturated carbocycles. The van der Waals surface area contributed by atoms with Gasteiger partial charge in [0.05, 0.1) is 0 Å². The van der Waals surface area contributed by atoms with Crippen LogP contribution in [0.5, 0.6) is 5.75 Å². The van der Waals surface area contributed by atoms with Crippen LogP contribution in [0.25, 0.3) is 0 Å². The van der Waals surface area contributed by atoms with Gasteiger partial charge < -0.3 is 5.11 Å². The molecule has 0 saturated heterocycles.